The van der Waals surface area contributed by atoms with Crippen LogP contribution in [-0.2, 0) is 6.42 Å². The third-order valence-corrected chi connectivity index (χ3v) is 4.44. The Balaban J connectivity index is 2.06. The Labute approximate surface area is 114 Å². The Bertz CT molecular complexity index is 423. The monoisotopic (exact) mass is 262 g/mol. The Morgan fingerprint density at radius 3 is 2.68 bits per heavy atom. The van der Waals surface area contributed by atoms with Gasteiger partial charge in [0.2, 0.25) is 0 Å². The van der Waals surface area contributed by atoms with Crippen molar-refractivity contribution in [3.8, 4) is 0 Å². The van der Waals surface area contributed by atoms with Gasteiger partial charge in [-0.3, -0.25) is 0 Å². The summed E-state index contributed by atoms with van der Waals surface area (Å²) < 4.78 is 0. The number of benzene rings is 1. The molecule has 0 saturated heterocycles. The fraction of sp³-hybridized carbons (Fsp3) is 0.600. The van der Waals surface area contributed by atoms with Gasteiger partial charge in [0.25, 0.3) is 0 Å². The molecule has 0 aliphatic heterocycles. The molecule has 0 heterocycles. The van der Waals surface area contributed by atoms with Crippen molar-refractivity contribution in [1.29, 1.82) is 0 Å². The van der Waals surface area contributed by atoms with Crippen molar-refractivity contribution in [2.45, 2.75) is 50.3 Å². The minimum atomic E-state index is -0.898. The fourth-order valence-corrected chi connectivity index (χ4v) is 3.03. The summed E-state index contributed by atoms with van der Waals surface area (Å²) in [5.74, 6) is 0.0453. The molecule has 1 aromatic rings. The molecular weight excluding hydrogens is 240 g/mol. The van der Waals surface area contributed by atoms with Gasteiger partial charge in [-0.1, -0.05) is 35.5 Å². The van der Waals surface area contributed by atoms with Crippen LogP contribution in [0, 0.1) is 10.8 Å². The van der Waals surface area contributed by atoms with Gasteiger partial charge >= 0.3 is 0 Å². The van der Waals surface area contributed by atoms with E-state index in [0.717, 1.165) is 19.3 Å². The van der Waals surface area contributed by atoms with Gasteiger partial charge in [0.05, 0.1) is 6.10 Å². The Kier molecular flexibility index (Phi) is 4.32. The molecule has 3 N–H and O–H groups in total. The van der Waals surface area contributed by atoms with Crippen molar-refractivity contribution in [3.05, 3.63) is 40.8 Å². The molecule has 1 saturated carbocycles. The molecule has 0 spiro atoms. The number of aryl methyl sites for hydroxylation is 1. The molecule has 1 unspecified atom stereocenters. The second-order valence-electron chi connectivity index (χ2n) is 5.79. The van der Waals surface area contributed by atoms with Crippen LogP contribution in [0.1, 0.15) is 31.7 Å². The second kappa shape index (κ2) is 5.80. The van der Waals surface area contributed by atoms with E-state index in [-0.39, 0.29) is 12.0 Å². The Hall–Kier alpha value is -1.26. The van der Waals surface area contributed by atoms with Crippen LogP contribution in [0.5, 0.6) is 0 Å². The van der Waals surface area contributed by atoms with E-state index < -0.39 is 11.6 Å². The Morgan fingerprint density at radius 1 is 1.37 bits per heavy atom. The minimum absolute atomic E-state index is 0.0365. The summed E-state index contributed by atoms with van der Waals surface area (Å²) >= 11 is 0. The van der Waals surface area contributed by atoms with Crippen LogP contribution >= 0.6 is 0 Å². The number of aliphatic hydroxyl groups excluding tert-OH is 1. The molecule has 1 aliphatic carbocycles. The molecule has 2 rings (SSSR count). The minimum Gasteiger partial charge on any atom is -0.390 e. The maximum atomic E-state index is 11.2. The van der Waals surface area contributed by atoms with Crippen LogP contribution in [0.25, 0.3) is 0 Å². The molecule has 4 atom stereocenters. The predicted molar refractivity (Wildman–Crippen MR) is 75.7 cm³/mol. The van der Waals surface area contributed by atoms with Gasteiger partial charge in [0.1, 0.15) is 5.54 Å². The highest BCUT2D eigenvalue weighted by Crippen LogP contribution is 2.39. The van der Waals surface area contributed by atoms with Crippen LogP contribution < -0.4 is 5.73 Å². The first-order chi connectivity index (χ1) is 9.06. The van der Waals surface area contributed by atoms with Gasteiger partial charge in [0, 0.05) is 6.04 Å². The number of nitroso groups, excluding NO2 is 1. The predicted octanol–water partition coefficient (Wildman–Crippen LogP) is 2.24. The first kappa shape index (κ1) is 14.2. The molecule has 0 bridgehead atoms. The zero-order valence-electron chi connectivity index (χ0n) is 11.3. The van der Waals surface area contributed by atoms with Crippen molar-refractivity contribution >= 4 is 0 Å². The number of hydrogen-bond donors (Lipinski definition) is 2. The third-order valence-electron chi connectivity index (χ3n) is 4.44. The van der Waals surface area contributed by atoms with E-state index in [1.165, 1.54) is 5.56 Å². The third kappa shape index (κ3) is 3.01. The van der Waals surface area contributed by atoms with Crippen LogP contribution in [0.3, 0.4) is 0 Å². The summed E-state index contributed by atoms with van der Waals surface area (Å²) in [5, 5.41) is 13.3. The zero-order chi connectivity index (χ0) is 13.9. The molecule has 19 heavy (non-hydrogen) atoms. The summed E-state index contributed by atoms with van der Waals surface area (Å²) in [7, 11) is 0. The average molecular weight is 262 g/mol. The van der Waals surface area contributed by atoms with Gasteiger partial charge < -0.3 is 10.8 Å². The molecule has 4 heteroatoms. The number of rotatable bonds is 4. The second-order valence-corrected chi connectivity index (χ2v) is 5.79. The molecule has 1 fully saturated rings. The van der Waals surface area contributed by atoms with Gasteiger partial charge in [-0.2, -0.15) is 4.91 Å². The van der Waals surface area contributed by atoms with Crippen molar-refractivity contribution in [1.82, 2.24) is 0 Å². The topological polar surface area (TPSA) is 75.7 Å². The number of hydrogen-bond acceptors (Lipinski definition) is 4. The molecule has 0 radical (unpaired) electrons. The van der Waals surface area contributed by atoms with E-state index in [0.29, 0.717) is 6.42 Å². The molecular formula is C15H22N2O2. The summed E-state index contributed by atoms with van der Waals surface area (Å²) in [6.07, 6.45) is 2.21. The van der Waals surface area contributed by atoms with Crippen molar-refractivity contribution in [3.63, 3.8) is 0 Å². The van der Waals surface area contributed by atoms with Gasteiger partial charge in [-0.25, -0.2) is 0 Å². The maximum absolute atomic E-state index is 11.2. The van der Waals surface area contributed by atoms with E-state index in [9.17, 15) is 10.0 Å². The van der Waals surface area contributed by atoms with Gasteiger partial charge in [-0.05, 0) is 44.1 Å². The first-order valence-corrected chi connectivity index (χ1v) is 6.88. The van der Waals surface area contributed by atoms with Crippen molar-refractivity contribution in [2.75, 3.05) is 0 Å². The standard InChI is InChI=1S/C15H22N2O2/c1-15(17-19)12(9-13(16)10-14(15)18)8-7-11-5-3-2-4-6-11/h2-6,12-14,18H,7-10,16H2,1H3/t12-,13?,14+,15+/m1/s1. The zero-order valence-corrected chi connectivity index (χ0v) is 11.3. The number of aliphatic hydroxyl groups is 1. The normalized spacial score (nSPS) is 35.0. The fourth-order valence-electron chi connectivity index (χ4n) is 3.03. The molecule has 0 amide bonds. The van der Waals surface area contributed by atoms with E-state index in [1.807, 2.05) is 18.2 Å². The van der Waals surface area contributed by atoms with Crippen molar-refractivity contribution < 1.29 is 5.11 Å². The van der Waals surface area contributed by atoms with E-state index in [2.05, 4.69) is 17.3 Å². The largest absolute Gasteiger partial charge is 0.390 e. The van der Waals surface area contributed by atoms with Gasteiger partial charge in [-0.15, -0.1) is 0 Å². The molecule has 1 aromatic carbocycles. The highest BCUT2D eigenvalue weighted by molar-refractivity contribution is 5.15. The maximum Gasteiger partial charge on any atom is 0.128 e. The average Bonchev–Trinajstić information content (AvgIpc) is 2.42. The first-order valence-electron chi connectivity index (χ1n) is 6.88. The lowest BCUT2D eigenvalue weighted by molar-refractivity contribution is 0.00859. The lowest BCUT2D eigenvalue weighted by atomic mass is 9.69. The summed E-state index contributed by atoms with van der Waals surface area (Å²) in [4.78, 5) is 11.2. The molecule has 4 nitrogen and oxygen atoms in total. The van der Waals surface area contributed by atoms with E-state index >= 15 is 0 Å². The molecule has 1 aliphatic rings. The highest BCUT2D eigenvalue weighted by Gasteiger charge is 2.46. The summed E-state index contributed by atoms with van der Waals surface area (Å²) in [6.45, 7) is 1.76. The molecule has 0 aromatic heterocycles. The lowest BCUT2D eigenvalue weighted by Gasteiger charge is -2.42. The van der Waals surface area contributed by atoms with Gasteiger partial charge in [0.15, 0.2) is 0 Å². The van der Waals surface area contributed by atoms with E-state index in [4.69, 9.17) is 5.73 Å². The lowest BCUT2D eigenvalue weighted by Crippen LogP contribution is -2.53. The number of nitrogens with zero attached hydrogens (tertiary/aromatic N) is 1. The van der Waals surface area contributed by atoms with Crippen LogP contribution in [0.2, 0.25) is 0 Å². The smallest absolute Gasteiger partial charge is 0.128 e. The van der Waals surface area contributed by atoms with E-state index in [1.54, 1.807) is 6.92 Å². The van der Waals surface area contributed by atoms with Crippen LogP contribution in [0.4, 0.5) is 0 Å². The van der Waals surface area contributed by atoms with Crippen LogP contribution in [0.15, 0.2) is 35.5 Å². The quantitative estimate of drug-likeness (QED) is 0.817. The summed E-state index contributed by atoms with van der Waals surface area (Å²) in [5.41, 5.74) is 6.30. The SMILES string of the molecule is C[C@]1(N=O)[C@H](CCc2ccccc2)CC(N)C[C@@H]1O. The summed E-state index contributed by atoms with van der Waals surface area (Å²) in [6, 6.07) is 10.1. The number of nitrogens with two attached hydrogens (primary N) is 1. The van der Waals surface area contributed by atoms with Crippen LogP contribution in [-0.4, -0.2) is 22.8 Å². The molecule has 104 valence electrons. The highest BCUT2D eigenvalue weighted by atomic mass is 16.3. The van der Waals surface area contributed by atoms with Crippen molar-refractivity contribution in [2.24, 2.45) is 16.8 Å². The Morgan fingerprint density at radius 2 is 2.05 bits per heavy atom.